The number of rotatable bonds is 11. The van der Waals surface area contributed by atoms with Crippen molar-refractivity contribution in [3.63, 3.8) is 0 Å². The maximum atomic E-state index is 9.36. The second kappa shape index (κ2) is 15.9. The van der Waals surface area contributed by atoms with Crippen molar-refractivity contribution in [3.05, 3.63) is 35.4 Å². The molecule has 0 bridgehead atoms. The first-order valence-corrected chi connectivity index (χ1v) is 11.5. The number of nitrogens with one attached hydrogen (secondary N) is 2. The zero-order valence-electron chi connectivity index (χ0n) is 19.2. The Morgan fingerprint density at radius 1 is 1.10 bits per heavy atom. The number of halogens is 1. The number of piperidine rings is 1. The van der Waals surface area contributed by atoms with E-state index in [4.69, 9.17) is 4.99 Å². The highest BCUT2D eigenvalue weighted by atomic mass is 127. The van der Waals surface area contributed by atoms with Gasteiger partial charge in [-0.1, -0.05) is 44.5 Å². The number of likely N-dealkylation sites (tertiary alicyclic amines) is 1. The van der Waals surface area contributed by atoms with Gasteiger partial charge in [0, 0.05) is 26.2 Å². The molecule has 0 aromatic heterocycles. The predicted octanol–water partition coefficient (Wildman–Crippen LogP) is 4.39. The first-order chi connectivity index (χ1) is 14.1. The zero-order valence-corrected chi connectivity index (χ0v) is 21.5. The largest absolute Gasteiger partial charge is 0.396 e. The number of aliphatic hydroxyl groups excluding tert-OH is 1. The smallest absolute Gasteiger partial charge is 0.191 e. The Balaban J connectivity index is 0.00000450. The van der Waals surface area contributed by atoms with E-state index >= 15 is 0 Å². The van der Waals surface area contributed by atoms with Crippen LogP contribution >= 0.6 is 24.0 Å². The number of hydrogen-bond donors (Lipinski definition) is 3. The molecule has 3 N–H and O–H groups in total. The van der Waals surface area contributed by atoms with Crippen LogP contribution in [0, 0.1) is 11.8 Å². The second-order valence-corrected chi connectivity index (χ2v) is 8.69. The van der Waals surface area contributed by atoms with E-state index in [9.17, 15) is 5.11 Å². The Labute approximate surface area is 201 Å². The summed E-state index contributed by atoms with van der Waals surface area (Å²) in [6, 6.07) is 8.71. The van der Waals surface area contributed by atoms with Gasteiger partial charge in [-0.2, -0.15) is 0 Å². The van der Waals surface area contributed by atoms with Gasteiger partial charge in [-0.15, -0.1) is 24.0 Å². The molecular formula is C24H43IN4O. The summed E-state index contributed by atoms with van der Waals surface area (Å²) in [6.07, 6.45) is 5.96. The van der Waals surface area contributed by atoms with E-state index in [-0.39, 0.29) is 30.6 Å². The van der Waals surface area contributed by atoms with Gasteiger partial charge in [0.25, 0.3) is 0 Å². The molecule has 172 valence electrons. The highest BCUT2D eigenvalue weighted by Gasteiger charge is 2.13. The molecule has 1 fully saturated rings. The summed E-state index contributed by atoms with van der Waals surface area (Å²) < 4.78 is 0. The summed E-state index contributed by atoms with van der Waals surface area (Å²) in [7, 11) is 0. The Kier molecular flexibility index (Phi) is 14.4. The number of nitrogens with zero attached hydrogens (tertiary/aromatic N) is 2. The van der Waals surface area contributed by atoms with Crippen LogP contribution in [0.5, 0.6) is 0 Å². The average molecular weight is 531 g/mol. The Morgan fingerprint density at radius 3 is 2.43 bits per heavy atom. The highest BCUT2D eigenvalue weighted by Crippen LogP contribution is 2.17. The van der Waals surface area contributed by atoms with Gasteiger partial charge in [0.15, 0.2) is 5.96 Å². The summed E-state index contributed by atoms with van der Waals surface area (Å²) in [5, 5.41) is 16.2. The van der Waals surface area contributed by atoms with Gasteiger partial charge in [-0.3, -0.25) is 4.90 Å². The second-order valence-electron chi connectivity index (χ2n) is 8.69. The van der Waals surface area contributed by atoms with Gasteiger partial charge in [0.1, 0.15) is 0 Å². The lowest BCUT2D eigenvalue weighted by Gasteiger charge is -2.27. The molecule has 1 heterocycles. The van der Waals surface area contributed by atoms with E-state index in [0.29, 0.717) is 18.4 Å². The first-order valence-electron chi connectivity index (χ1n) is 11.5. The van der Waals surface area contributed by atoms with E-state index in [1.807, 2.05) is 0 Å². The van der Waals surface area contributed by atoms with Crippen LogP contribution in [0.4, 0.5) is 0 Å². The van der Waals surface area contributed by atoms with Crippen molar-refractivity contribution in [2.75, 3.05) is 32.8 Å². The maximum Gasteiger partial charge on any atom is 0.191 e. The standard InChI is InChI=1S/C24H42N4O.HI/c1-4-25-24(26-17-21(12-15-29)16-20(2)3)27-18-22-10-6-7-11-23(22)19-28-13-8-5-9-14-28;/h6-7,10-11,20-21,29H,4-5,8-9,12-19H2,1-3H3,(H2,25,26,27);1H. The monoisotopic (exact) mass is 530 g/mol. The van der Waals surface area contributed by atoms with Crippen LogP contribution in [0.3, 0.4) is 0 Å². The Bertz CT molecular complexity index is 603. The Morgan fingerprint density at radius 2 is 1.80 bits per heavy atom. The third-order valence-corrected chi connectivity index (χ3v) is 5.61. The van der Waals surface area contributed by atoms with Crippen molar-refractivity contribution < 1.29 is 5.11 Å². The van der Waals surface area contributed by atoms with Crippen molar-refractivity contribution in [2.24, 2.45) is 16.8 Å². The van der Waals surface area contributed by atoms with Crippen LogP contribution in [0.25, 0.3) is 0 Å². The fourth-order valence-corrected chi connectivity index (χ4v) is 4.12. The molecular weight excluding hydrogens is 487 g/mol. The molecule has 1 aliphatic rings. The average Bonchev–Trinajstić information content (AvgIpc) is 2.71. The van der Waals surface area contributed by atoms with Crippen LogP contribution < -0.4 is 10.6 Å². The number of guanidine groups is 1. The number of aliphatic imine (C=N–C) groups is 1. The predicted molar refractivity (Wildman–Crippen MR) is 138 cm³/mol. The minimum absolute atomic E-state index is 0. The van der Waals surface area contributed by atoms with E-state index in [0.717, 1.165) is 38.4 Å². The quantitative estimate of drug-likeness (QED) is 0.226. The summed E-state index contributed by atoms with van der Waals surface area (Å²) in [5.74, 6) is 1.97. The third kappa shape index (κ3) is 10.4. The van der Waals surface area contributed by atoms with E-state index in [2.05, 4.69) is 60.6 Å². The van der Waals surface area contributed by atoms with Crippen LogP contribution in [-0.4, -0.2) is 48.8 Å². The third-order valence-electron chi connectivity index (χ3n) is 5.61. The van der Waals surface area contributed by atoms with E-state index < -0.39 is 0 Å². The minimum atomic E-state index is 0. The lowest BCUT2D eigenvalue weighted by Crippen LogP contribution is -2.40. The lowest BCUT2D eigenvalue weighted by molar-refractivity contribution is 0.220. The molecule has 5 nitrogen and oxygen atoms in total. The minimum Gasteiger partial charge on any atom is -0.396 e. The van der Waals surface area contributed by atoms with Crippen LogP contribution in [0.1, 0.15) is 64.0 Å². The lowest BCUT2D eigenvalue weighted by atomic mass is 9.94. The molecule has 1 saturated heterocycles. The fraction of sp³-hybridized carbons (Fsp3) is 0.708. The molecule has 0 saturated carbocycles. The molecule has 0 amide bonds. The highest BCUT2D eigenvalue weighted by molar-refractivity contribution is 14.0. The SMILES string of the molecule is CCNC(=NCc1ccccc1CN1CCCCC1)NCC(CCO)CC(C)C.I. The summed E-state index contributed by atoms with van der Waals surface area (Å²) in [5.41, 5.74) is 2.70. The molecule has 0 spiro atoms. The number of hydrogen-bond acceptors (Lipinski definition) is 3. The summed E-state index contributed by atoms with van der Waals surface area (Å²) >= 11 is 0. The number of aliphatic hydroxyl groups is 1. The summed E-state index contributed by atoms with van der Waals surface area (Å²) in [4.78, 5) is 7.43. The Hall–Kier alpha value is -0.860. The van der Waals surface area contributed by atoms with Crippen molar-refractivity contribution >= 4 is 29.9 Å². The molecule has 2 rings (SSSR count). The fourth-order valence-electron chi connectivity index (χ4n) is 4.12. The van der Waals surface area contributed by atoms with E-state index in [1.54, 1.807) is 0 Å². The molecule has 1 aliphatic heterocycles. The zero-order chi connectivity index (χ0) is 20.9. The van der Waals surface area contributed by atoms with Gasteiger partial charge < -0.3 is 15.7 Å². The molecule has 6 heteroatoms. The van der Waals surface area contributed by atoms with E-state index in [1.165, 1.54) is 43.5 Å². The van der Waals surface area contributed by atoms with Crippen molar-refractivity contribution in [3.8, 4) is 0 Å². The summed E-state index contributed by atoms with van der Waals surface area (Å²) in [6.45, 7) is 12.7. The molecule has 1 aromatic rings. The van der Waals surface area contributed by atoms with Gasteiger partial charge in [0.2, 0.25) is 0 Å². The number of benzene rings is 1. The topological polar surface area (TPSA) is 59.9 Å². The van der Waals surface area contributed by atoms with Gasteiger partial charge in [0.05, 0.1) is 6.54 Å². The van der Waals surface area contributed by atoms with Gasteiger partial charge in [-0.25, -0.2) is 4.99 Å². The molecule has 0 radical (unpaired) electrons. The van der Waals surface area contributed by atoms with Crippen molar-refractivity contribution in [1.29, 1.82) is 0 Å². The molecule has 1 aromatic carbocycles. The maximum absolute atomic E-state index is 9.36. The van der Waals surface area contributed by atoms with Crippen molar-refractivity contribution in [2.45, 2.75) is 66.0 Å². The van der Waals surface area contributed by atoms with Gasteiger partial charge >= 0.3 is 0 Å². The normalized spacial score (nSPS) is 16.2. The van der Waals surface area contributed by atoms with Crippen LogP contribution in [-0.2, 0) is 13.1 Å². The van der Waals surface area contributed by atoms with Crippen molar-refractivity contribution in [1.82, 2.24) is 15.5 Å². The molecule has 30 heavy (non-hydrogen) atoms. The van der Waals surface area contributed by atoms with Crippen LogP contribution in [0.15, 0.2) is 29.3 Å². The molecule has 0 aliphatic carbocycles. The first kappa shape index (κ1) is 27.2. The van der Waals surface area contributed by atoms with Gasteiger partial charge in [-0.05, 0) is 68.7 Å². The molecule has 1 atom stereocenters. The van der Waals surface area contributed by atoms with Crippen LogP contribution in [0.2, 0.25) is 0 Å². The molecule has 1 unspecified atom stereocenters.